The fourth-order valence-corrected chi connectivity index (χ4v) is 1.78. The van der Waals surface area contributed by atoms with Gasteiger partial charge in [-0.15, -0.1) is 11.8 Å². The Kier molecular flexibility index (Phi) is 9.03. The van der Waals surface area contributed by atoms with Gasteiger partial charge in [-0.2, -0.15) is 0 Å². The summed E-state index contributed by atoms with van der Waals surface area (Å²) in [6.45, 7) is 1.82. The van der Waals surface area contributed by atoms with Crippen LogP contribution in [0.1, 0.15) is 51.4 Å². The monoisotopic (exact) mass is 240 g/mol. The van der Waals surface area contributed by atoms with Crippen LogP contribution in [0.25, 0.3) is 0 Å². The Bertz CT molecular complexity index is 223. The van der Waals surface area contributed by atoms with Gasteiger partial charge in [0, 0.05) is 26.1 Å². The zero-order chi connectivity index (χ0) is 12.2. The molecule has 0 radical (unpaired) electrons. The summed E-state index contributed by atoms with van der Waals surface area (Å²) < 4.78 is 11.1. The second-order valence-electron chi connectivity index (χ2n) is 4.30. The Labute approximate surface area is 104 Å². The van der Waals surface area contributed by atoms with Crippen LogP contribution in [0.4, 0.5) is 0 Å². The smallest absolute Gasteiger partial charge is 0.157 e. The highest BCUT2D eigenvalue weighted by atomic mass is 16.7. The third-order valence-corrected chi connectivity index (χ3v) is 2.75. The lowest BCUT2D eigenvalue weighted by molar-refractivity contribution is -0.162. The Morgan fingerprint density at radius 2 is 2.00 bits per heavy atom. The number of ether oxygens (including phenoxy) is 2. The minimum atomic E-state index is 0.0492. The van der Waals surface area contributed by atoms with Crippen molar-refractivity contribution in [1.29, 1.82) is 0 Å². The molecule has 0 bridgehead atoms. The number of aliphatic hydroxyl groups excluding tert-OH is 1. The maximum absolute atomic E-state index is 8.53. The van der Waals surface area contributed by atoms with E-state index < -0.39 is 0 Å². The molecule has 1 heterocycles. The molecule has 1 N–H and O–H groups in total. The normalized spacial score (nSPS) is 19.7. The summed E-state index contributed by atoms with van der Waals surface area (Å²) in [5.41, 5.74) is 0. The van der Waals surface area contributed by atoms with Gasteiger partial charge in [-0.1, -0.05) is 6.42 Å². The molecule has 0 aromatic heterocycles. The lowest BCUT2D eigenvalue weighted by Gasteiger charge is -2.22. The van der Waals surface area contributed by atoms with Gasteiger partial charge in [0.05, 0.1) is 6.61 Å². The molecule has 1 atom stereocenters. The topological polar surface area (TPSA) is 38.7 Å². The second kappa shape index (κ2) is 10.6. The first kappa shape index (κ1) is 14.5. The van der Waals surface area contributed by atoms with Crippen molar-refractivity contribution in [2.75, 3.05) is 19.8 Å². The van der Waals surface area contributed by atoms with Crippen molar-refractivity contribution >= 4 is 0 Å². The minimum Gasteiger partial charge on any atom is -0.395 e. The molecule has 1 fully saturated rings. The van der Waals surface area contributed by atoms with Crippen LogP contribution in [0.15, 0.2) is 0 Å². The van der Waals surface area contributed by atoms with E-state index in [1.807, 2.05) is 0 Å². The molecule has 1 unspecified atom stereocenters. The Balaban J connectivity index is 1.82. The predicted molar refractivity (Wildman–Crippen MR) is 67.5 cm³/mol. The number of rotatable bonds is 7. The van der Waals surface area contributed by atoms with Crippen LogP contribution in [0, 0.1) is 11.8 Å². The van der Waals surface area contributed by atoms with Crippen LogP contribution in [-0.4, -0.2) is 31.2 Å². The minimum absolute atomic E-state index is 0.0492. The van der Waals surface area contributed by atoms with Crippen LogP contribution in [-0.2, 0) is 9.47 Å². The fourth-order valence-electron chi connectivity index (χ4n) is 1.78. The van der Waals surface area contributed by atoms with Crippen molar-refractivity contribution in [3.8, 4) is 11.8 Å². The zero-order valence-electron chi connectivity index (χ0n) is 10.6. The van der Waals surface area contributed by atoms with E-state index in [1.54, 1.807) is 0 Å². The largest absolute Gasteiger partial charge is 0.395 e. The van der Waals surface area contributed by atoms with Gasteiger partial charge in [-0.25, -0.2) is 0 Å². The van der Waals surface area contributed by atoms with E-state index in [0.29, 0.717) is 6.42 Å². The quantitative estimate of drug-likeness (QED) is 0.549. The average Bonchev–Trinajstić information content (AvgIpc) is 2.38. The highest BCUT2D eigenvalue weighted by Crippen LogP contribution is 2.14. The van der Waals surface area contributed by atoms with Gasteiger partial charge >= 0.3 is 0 Å². The molecule has 0 aromatic rings. The number of unbranched alkanes of at least 4 members (excludes halogenated alkanes) is 3. The predicted octanol–water partition coefficient (Wildman–Crippen LogP) is 2.48. The first-order valence-corrected chi connectivity index (χ1v) is 6.73. The second-order valence-corrected chi connectivity index (χ2v) is 4.30. The number of hydrogen-bond donors (Lipinski definition) is 1. The van der Waals surface area contributed by atoms with Gasteiger partial charge in [-0.3, -0.25) is 0 Å². The van der Waals surface area contributed by atoms with Gasteiger partial charge in [0.1, 0.15) is 0 Å². The van der Waals surface area contributed by atoms with Crippen LogP contribution in [0.3, 0.4) is 0 Å². The fraction of sp³-hybridized carbons (Fsp3) is 0.857. The standard InChI is InChI=1S/C14H24O3/c15-11-7-4-2-1-3-5-8-12-16-14-10-6-9-13-17-14/h14-15H,1,3,5-13H2. The van der Waals surface area contributed by atoms with Crippen molar-refractivity contribution in [3.63, 3.8) is 0 Å². The summed E-state index contributed by atoms with van der Waals surface area (Å²) in [7, 11) is 0. The molecule has 1 aliphatic rings. The van der Waals surface area contributed by atoms with Gasteiger partial charge in [0.25, 0.3) is 0 Å². The van der Waals surface area contributed by atoms with E-state index in [0.717, 1.165) is 45.3 Å². The SMILES string of the molecule is OCCC#CCCCCCOC1CCCCO1. The molecule has 3 heteroatoms. The van der Waals surface area contributed by atoms with E-state index in [-0.39, 0.29) is 12.9 Å². The maximum atomic E-state index is 8.53. The maximum Gasteiger partial charge on any atom is 0.157 e. The van der Waals surface area contributed by atoms with E-state index in [4.69, 9.17) is 14.6 Å². The Morgan fingerprint density at radius 3 is 2.76 bits per heavy atom. The van der Waals surface area contributed by atoms with Crippen molar-refractivity contribution < 1.29 is 14.6 Å². The average molecular weight is 240 g/mol. The summed E-state index contributed by atoms with van der Waals surface area (Å²) in [6, 6.07) is 0. The molecule has 0 aliphatic carbocycles. The van der Waals surface area contributed by atoms with Crippen LogP contribution in [0.5, 0.6) is 0 Å². The van der Waals surface area contributed by atoms with E-state index in [1.165, 1.54) is 12.8 Å². The van der Waals surface area contributed by atoms with Crippen LogP contribution in [0.2, 0.25) is 0 Å². The molecule has 98 valence electrons. The van der Waals surface area contributed by atoms with E-state index in [9.17, 15) is 0 Å². The first-order chi connectivity index (χ1) is 8.43. The highest BCUT2D eigenvalue weighted by Gasteiger charge is 2.12. The highest BCUT2D eigenvalue weighted by molar-refractivity contribution is 4.98. The molecule has 3 nitrogen and oxygen atoms in total. The van der Waals surface area contributed by atoms with Crippen molar-refractivity contribution in [3.05, 3.63) is 0 Å². The summed E-state index contributed by atoms with van der Waals surface area (Å²) >= 11 is 0. The molecule has 1 rings (SSSR count). The van der Waals surface area contributed by atoms with Gasteiger partial charge in [0.15, 0.2) is 6.29 Å². The van der Waals surface area contributed by atoms with Gasteiger partial charge < -0.3 is 14.6 Å². The van der Waals surface area contributed by atoms with Crippen molar-refractivity contribution in [2.24, 2.45) is 0 Å². The van der Waals surface area contributed by atoms with Crippen molar-refractivity contribution in [1.82, 2.24) is 0 Å². The van der Waals surface area contributed by atoms with Gasteiger partial charge in [-0.05, 0) is 32.1 Å². The molecular weight excluding hydrogens is 216 g/mol. The first-order valence-electron chi connectivity index (χ1n) is 6.73. The molecule has 0 spiro atoms. The van der Waals surface area contributed by atoms with Gasteiger partial charge in [0.2, 0.25) is 0 Å². The molecule has 1 saturated heterocycles. The molecule has 0 amide bonds. The van der Waals surface area contributed by atoms with E-state index in [2.05, 4.69) is 11.8 Å². The molecule has 1 aliphatic heterocycles. The summed E-state index contributed by atoms with van der Waals surface area (Å²) in [5.74, 6) is 5.98. The number of hydrogen-bond acceptors (Lipinski definition) is 3. The summed E-state index contributed by atoms with van der Waals surface area (Å²) in [5, 5.41) is 8.53. The summed E-state index contributed by atoms with van der Waals surface area (Å²) in [4.78, 5) is 0. The molecule has 0 saturated carbocycles. The lowest BCUT2D eigenvalue weighted by Crippen LogP contribution is -2.22. The van der Waals surface area contributed by atoms with E-state index >= 15 is 0 Å². The Hall–Kier alpha value is -0.560. The Morgan fingerprint density at radius 1 is 1.12 bits per heavy atom. The van der Waals surface area contributed by atoms with Crippen LogP contribution < -0.4 is 0 Å². The summed E-state index contributed by atoms with van der Waals surface area (Å²) in [6.07, 6.45) is 8.38. The number of aliphatic hydroxyl groups is 1. The van der Waals surface area contributed by atoms with Crippen molar-refractivity contribution in [2.45, 2.75) is 57.7 Å². The third kappa shape index (κ3) is 8.20. The molecular formula is C14H24O3. The van der Waals surface area contributed by atoms with Crippen LogP contribution >= 0.6 is 0 Å². The zero-order valence-corrected chi connectivity index (χ0v) is 10.6. The lowest BCUT2D eigenvalue weighted by atomic mass is 10.2. The third-order valence-electron chi connectivity index (χ3n) is 2.75. The molecule has 0 aromatic carbocycles. The molecule has 17 heavy (non-hydrogen) atoms.